The Balaban J connectivity index is 2.41. The molecule has 0 saturated heterocycles. The zero-order chi connectivity index (χ0) is 14.3. The molecule has 0 bridgehead atoms. The number of benzene rings is 2. The molecule has 3 rings (SSSR count). The van der Waals surface area contributed by atoms with Crippen molar-refractivity contribution in [1.29, 1.82) is 0 Å². The highest BCUT2D eigenvalue weighted by molar-refractivity contribution is 6.30. The van der Waals surface area contributed by atoms with Crippen LogP contribution in [0.5, 0.6) is 0 Å². The number of aromatic carboxylic acids is 1. The molecular weight excluding hydrogens is 278 g/mol. The lowest BCUT2D eigenvalue weighted by Gasteiger charge is -2.03. The van der Waals surface area contributed by atoms with Gasteiger partial charge in [-0.2, -0.15) is 4.73 Å². The van der Waals surface area contributed by atoms with Crippen molar-refractivity contribution in [2.45, 2.75) is 0 Å². The lowest BCUT2D eigenvalue weighted by atomic mass is 10.0. The van der Waals surface area contributed by atoms with Crippen molar-refractivity contribution in [1.82, 2.24) is 4.73 Å². The average Bonchev–Trinajstić information content (AvgIpc) is 2.74. The molecule has 0 atom stereocenters. The molecule has 4 nitrogen and oxygen atoms in total. The first-order chi connectivity index (χ1) is 9.59. The van der Waals surface area contributed by atoms with Gasteiger partial charge in [-0.05, 0) is 23.8 Å². The third-order valence-electron chi connectivity index (χ3n) is 3.19. The van der Waals surface area contributed by atoms with Crippen LogP contribution in [0.1, 0.15) is 10.5 Å². The Labute approximate surface area is 119 Å². The van der Waals surface area contributed by atoms with E-state index in [1.54, 1.807) is 48.5 Å². The number of carboxylic acid groups (broad SMARTS) is 1. The lowest BCUT2D eigenvalue weighted by Crippen LogP contribution is -2.06. The minimum Gasteiger partial charge on any atom is -0.476 e. The van der Waals surface area contributed by atoms with Crippen LogP contribution < -0.4 is 0 Å². The number of carbonyl (C=O) groups is 1. The Morgan fingerprint density at radius 2 is 1.70 bits per heavy atom. The summed E-state index contributed by atoms with van der Waals surface area (Å²) in [5.41, 5.74) is 1.46. The Kier molecular flexibility index (Phi) is 2.88. The normalized spacial score (nSPS) is 10.8. The van der Waals surface area contributed by atoms with Gasteiger partial charge in [0.2, 0.25) is 0 Å². The van der Waals surface area contributed by atoms with E-state index in [1.807, 2.05) is 0 Å². The van der Waals surface area contributed by atoms with E-state index in [9.17, 15) is 15.1 Å². The molecule has 0 spiro atoms. The first kappa shape index (κ1) is 12.6. The van der Waals surface area contributed by atoms with Gasteiger partial charge in [0.25, 0.3) is 0 Å². The first-order valence-corrected chi connectivity index (χ1v) is 6.29. The van der Waals surface area contributed by atoms with E-state index in [0.29, 0.717) is 31.8 Å². The second kappa shape index (κ2) is 4.58. The molecule has 20 heavy (non-hydrogen) atoms. The highest BCUT2D eigenvalue weighted by Crippen LogP contribution is 2.34. The molecule has 2 aromatic carbocycles. The van der Waals surface area contributed by atoms with E-state index in [2.05, 4.69) is 0 Å². The van der Waals surface area contributed by atoms with Crippen molar-refractivity contribution in [2.24, 2.45) is 0 Å². The van der Waals surface area contributed by atoms with Gasteiger partial charge >= 0.3 is 5.97 Å². The molecule has 1 aromatic heterocycles. The molecular formula is C15H10ClNO3. The van der Waals surface area contributed by atoms with E-state index in [4.69, 9.17) is 11.6 Å². The summed E-state index contributed by atoms with van der Waals surface area (Å²) in [4.78, 5) is 11.4. The molecule has 5 heteroatoms. The fraction of sp³-hybridized carbons (Fsp3) is 0. The van der Waals surface area contributed by atoms with Crippen LogP contribution in [0.15, 0.2) is 48.5 Å². The van der Waals surface area contributed by atoms with E-state index in [1.165, 1.54) is 0 Å². The standard InChI is InChI=1S/C15H10ClNO3/c16-10-7-5-9(6-8-10)13-11-3-1-2-4-12(11)17(20)14(13)15(18)19/h1-8,20H,(H,18,19). The second-order valence-corrected chi connectivity index (χ2v) is 4.80. The quantitative estimate of drug-likeness (QED) is 0.703. The molecule has 0 fully saturated rings. The highest BCUT2D eigenvalue weighted by atomic mass is 35.5. The molecule has 1 heterocycles. The van der Waals surface area contributed by atoms with Gasteiger partial charge in [0, 0.05) is 16.0 Å². The van der Waals surface area contributed by atoms with Crippen molar-refractivity contribution >= 4 is 28.5 Å². The van der Waals surface area contributed by atoms with Crippen LogP contribution in [0.3, 0.4) is 0 Å². The summed E-state index contributed by atoms with van der Waals surface area (Å²) in [6, 6.07) is 13.8. The predicted octanol–water partition coefficient (Wildman–Crippen LogP) is 3.90. The Morgan fingerprint density at radius 1 is 1.05 bits per heavy atom. The Hall–Kier alpha value is -2.46. The van der Waals surface area contributed by atoms with E-state index in [-0.39, 0.29) is 5.69 Å². The Bertz CT molecular complexity index is 806. The third-order valence-corrected chi connectivity index (χ3v) is 3.44. The highest BCUT2D eigenvalue weighted by Gasteiger charge is 2.23. The van der Waals surface area contributed by atoms with Crippen molar-refractivity contribution in [2.75, 3.05) is 0 Å². The first-order valence-electron chi connectivity index (χ1n) is 5.91. The molecule has 0 aliphatic rings. The van der Waals surface area contributed by atoms with Crippen LogP contribution in [-0.2, 0) is 0 Å². The maximum absolute atomic E-state index is 11.4. The lowest BCUT2D eigenvalue weighted by molar-refractivity contribution is 0.0651. The van der Waals surface area contributed by atoms with Crippen LogP contribution in [0.4, 0.5) is 0 Å². The summed E-state index contributed by atoms with van der Waals surface area (Å²) in [7, 11) is 0. The smallest absolute Gasteiger partial charge is 0.356 e. The number of hydrogen-bond donors (Lipinski definition) is 2. The molecule has 0 radical (unpaired) electrons. The summed E-state index contributed by atoms with van der Waals surface area (Å²) in [5.74, 6) is -1.19. The van der Waals surface area contributed by atoms with Gasteiger partial charge in [-0.1, -0.05) is 41.9 Å². The third kappa shape index (κ3) is 1.82. The van der Waals surface area contributed by atoms with Gasteiger partial charge < -0.3 is 10.3 Å². The molecule has 0 amide bonds. The number of para-hydroxylation sites is 1. The van der Waals surface area contributed by atoms with Gasteiger partial charge in [0.1, 0.15) is 0 Å². The molecule has 0 aliphatic carbocycles. The van der Waals surface area contributed by atoms with E-state index < -0.39 is 5.97 Å². The van der Waals surface area contributed by atoms with Gasteiger partial charge in [-0.3, -0.25) is 0 Å². The molecule has 0 unspecified atom stereocenters. The summed E-state index contributed by atoms with van der Waals surface area (Å²) in [6.07, 6.45) is 0. The number of rotatable bonds is 2. The van der Waals surface area contributed by atoms with Crippen molar-refractivity contribution in [3.05, 3.63) is 59.2 Å². The molecule has 100 valence electrons. The van der Waals surface area contributed by atoms with Crippen molar-refractivity contribution < 1.29 is 15.1 Å². The van der Waals surface area contributed by atoms with Crippen molar-refractivity contribution in [3.63, 3.8) is 0 Å². The van der Waals surface area contributed by atoms with Crippen LogP contribution in [0.25, 0.3) is 22.0 Å². The van der Waals surface area contributed by atoms with E-state index >= 15 is 0 Å². The summed E-state index contributed by atoms with van der Waals surface area (Å²) in [5, 5.41) is 20.7. The maximum atomic E-state index is 11.4. The zero-order valence-electron chi connectivity index (χ0n) is 10.2. The SMILES string of the molecule is O=C(O)c1c(-c2ccc(Cl)cc2)c2ccccc2n1O. The number of nitrogens with zero attached hydrogens (tertiary/aromatic N) is 1. The predicted molar refractivity (Wildman–Crippen MR) is 76.5 cm³/mol. The van der Waals surface area contributed by atoms with Gasteiger partial charge in [-0.15, -0.1) is 0 Å². The Morgan fingerprint density at radius 3 is 2.35 bits per heavy atom. The maximum Gasteiger partial charge on any atom is 0.356 e. The van der Waals surface area contributed by atoms with Gasteiger partial charge in [0.05, 0.1) is 5.52 Å². The van der Waals surface area contributed by atoms with Crippen molar-refractivity contribution in [3.8, 4) is 11.1 Å². The fourth-order valence-electron chi connectivity index (χ4n) is 2.33. The number of fused-ring (bicyclic) bond motifs is 1. The van der Waals surface area contributed by atoms with Crippen LogP contribution in [-0.4, -0.2) is 21.0 Å². The molecule has 0 aliphatic heterocycles. The molecule has 3 aromatic rings. The molecule has 2 N–H and O–H groups in total. The number of halogens is 1. The monoisotopic (exact) mass is 287 g/mol. The average molecular weight is 288 g/mol. The minimum atomic E-state index is -1.19. The fourth-order valence-corrected chi connectivity index (χ4v) is 2.46. The summed E-state index contributed by atoms with van der Waals surface area (Å²) >= 11 is 5.85. The van der Waals surface area contributed by atoms with Gasteiger partial charge in [-0.25, -0.2) is 4.79 Å². The molecule has 0 saturated carbocycles. The number of carboxylic acids is 1. The largest absolute Gasteiger partial charge is 0.476 e. The summed E-state index contributed by atoms with van der Waals surface area (Å²) in [6.45, 7) is 0. The number of hydrogen-bond acceptors (Lipinski definition) is 2. The topological polar surface area (TPSA) is 62.5 Å². The van der Waals surface area contributed by atoms with Crippen LogP contribution in [0.2, 0.25) is 5.02 Å². The number of aromatic nitrogens is 1. The second-order valence-electron chi connectivity index (χ2n) is 4.36. The van der Waals surface area contributed by atoms with Crippen LogP contribution >= 0.6 is 11.6 Å². The summed E-state index contributed by atoms with van der Waals surface area (Å²) < 4.78 is 0.710. The van der Waals surface area contributed by atoms with Crippen LogP contribution in [0, 0.1) is 0 Å². The minimum absolute atomic E-state index is 0.159. The van der Waals surface area contributed by atoms with Gasteiger partial charge in [0.15, 0.2) is 5.69 Å². The van der Waals surface area contributed by atoms with E-state index in [0.717, 1.165) is 0 Å². The zero-order valence-corrected chi connectivity index (χ0v) is 11.0.